The fraction of sp³-hybridized carbons (Fsp3) is 0.500. The standard InChI is InChI=1S/C16H21N3O/c1-11(2)19-15(20)5-3-4-14(18)16(19)13-8-6-12(10-17)7-9-13/h6-9,11,14,16H,3-5,18H2,1-2H3. The van der Waals surface area contributed by atoms with Crippen LogP contribution in [0.25, 0.3) is 0 Å². The predicted octanol–water partition coefficient (Wildman–Crippen LogP) is 2.35. The first-order valence-corrected chi connectivity index (χ1v) is 7.11. The fourth-order valence-electron chi connectivity index (χ4n) is 2.91. The number of nitriles is 1. The average Bonchev–Trinajstić information content (AvgIpc) is 2.58. The van der Waals surface area contributed by atoms with Crippen LogP contribution in [0.1, 0.15) is 50.3 Å². The van der Waals surface area contributed by atoms with Crippen molar-refractivity contribution in [2.45, 2.75) is 51.2 Å². The molecule has 4 heteroatoms. The molecule has 0 aromatic heterocycles. The zero-order valence-electron chi connectivity index (χ0n) is 12.0. The summed E-state index contributed by atoms with van der Waals surface area (Å²) >= 11 is 0. The maximum Gasteiger partial charge on any atom is 0.223 e. The molecule has 1 aromatic carbocycles. The molecule has 0 bridgehead atoms. The van der Waals surface area contributed by atoms with Crippen molar-refractivity contribution in [3.63, 3.8) is 0 Å². The van der Waals surface area contributed by atoms with E-state index in [0.717, 1.165) is 18.4 Å². The number of likely N-dealkylation sites (tertiary alicyclic amines) is 1. The van der Waals surface area contributed by atoms with Crippen molar-refractivity contribution in [1.29, 1.82) is 5.26 Å². The van der Waals surface area contributed by atoms with Gasteiger partial charge < -0.3 is 10.6 Å². The molecule has 106 valence electrons. The van der Waals surface area contributed by atoms with Crippen molar-refractivity contribution in [2.75, 3.05) is 0 Å². The lowest BCUT2D eigenvalue weighted by molar-refractivity contribution is -0.135. The van der Waals surface area contributed by atoms with Gasteiger partial charge >= 0.3 is 0 Å². The highest BCUT2D eigenvalue weighted by Crippen LogP contribution is 2.31. The van der Waals surface area contributed by atoms with E-state index >= 15 is 0 Å². The maximum absolute atomic E-state index is 12.3. The Balaban J connectivity index is 2.40. The number of carbonyl (C=O) groups is 1. The Morgan fingerprint density at radius 1 is 1.35 bits per heavy atom. The zero-order chi connectivity index (χ0) is 14.7. The zero-order valence-corrected chi connectivity index (χ0v) is 12.0. The van der Waals surface area contributed by atoms with Crippen LogP contribution >= 0.6 is 0 Å². The first kappa shape index (κ1) is 14.5. The molecule has 1 amide bonds. The van der Waals surface area contributed by atoms with Crippen LogP contribution in [0.2, 0.25) is 0 Å². The minimum atomic E-state index is -0.0993. The van der Waals surface area contributed by atoms with Gasteiger partial charge in [0, 0.05) is 18.5 Å². The van der Waals surface area contributed by atoms with E-state index in [4.69, 9.17) is 11.0 Å². The molecule has 20 heavy (non-hydrogen) atoms. The number of carbonyl (C=O) groups excluding carboxylic acids is 1. The van der Waals surface area contributed by atoms with Crippen LogP contribution in [0.3, 0.4) is 0 Å². The number of nitrogens with zero attached hydrogens (tertiary/aromatic N) is 2. The van der Waals surface area contributed by atoms with Crippen molar-refractivity contribution >= 4 is 5.91 Å². The third-order valence-electron chi connectivity index (χ3n) is 3.86. The first-order chi connectivity index (χ1) is 9.54. The van der Waals surface area contributed by atoms with Crippen molar-refractivity contribution < 1.29 is 4.79 Å². The number of hydrogen-bond acceptors (Lipinski definition) is 3. The van der Waals surface area contributed by atoms with Gasteiger partial charge in [-0.15, -0.1) is 0 Å². The molecule has 0 aliphatic carbocycles. The highest BCUT2D eigenvalue weighted by molar-refractivity contribution is 5.77. The molecule has 1 aliphatic rings. The smallest absolute Gasteiger partial charge is 0.223 e. The maximum atomic E-state index is 12.3. The molecule has 2 unspecified atom stereocenters. The van der Waals surface area contributed by atoms with Crippen molar-refractivity contribution in [2.24, 2.45) is 5.73 Å². The Morgan fingerprint density at radius 3 is 2.55 bits per heavy atom. The van der Waals surface area contributed by atoms with Crippen LogP contribution in [0.5, 0.6) is 0 Å². The Kier molecular flexibility index (Phi) is 4.41. The Labute approximate surface area is 120 Å². The van der Waals surface area contributed by atoms with Crippen LogP contribution in [0.15, 0.2) is 24.3 Å². The summed E-state index contributed by atoms with van der Waals surface area (Å²) in [6.45, 7) is 4.04. The monoisotopic (exact) mass is 271 g/mol. The summed E-state index contributed by atoms with van der Waals surface area (Å²) in [4.78, 5) is 14.2. The number of amides is 1. The summed E-state index contributed by atoms with van der Waals surface area (Å²) in [6.07, 6.45) is 2.26. The lowest BCUT2D eigenvalue weighted by atomic mass is 9.95. The van der Waals surface area contributed by atoms with E-state index < -0.39 is 0 Å². The molecule has 1 saturated heterocycles. The number of benzene rings is 1. The van der Waals surface area contributed by atoms with E-state index in [1.165, 1.54) is 0 Å². The average molecular weight is 271 g/mol. The number of rotatable bonds is 2. The molecule has 2 atom stereocenters. The van der Waals surface area contributed by atoms with Gasteiger partial charge in [0.15, 0.2) is 0 Å². The highest BCUT2D eigenvalue weighted by Gasteiger charge is 2.34. The van der Waals surface area contributed by atoms with E-state index in [9.17, 15) is 4.79 Å². The minimum absolute atomic E-state index is 0.0585. The second kappa shape index (κ2) is 6.06. The summed E-state index contributed by atoms with van der Waals surface area (Å²) < 4.78 is 0. The van der Waals surface area contributed by atoms with Gasteiger partial charge in [-0.25, -0.2) is 0 Å². The minimum Gasteiger partial charge on any atom is -0.332 e. The molecule has 1 fully saturated rings. The summed E-state index contributed by atoms with van der Waals surface area (Å²) in [5, 5.41) is 8.88. The van der Waals surface area contributed by atoms with Crippen LogP contribution in [0.4, 0.5) is 0 Å². The van der Waals surface area contributed by atoms with Gasteiger partial charge in [0.05, 0.1) is 17.7 Å². The predicted molar refractivity (Wildman–Crippen MR) is 77.7 cm³/mol. The highest BCUT2D eigenvalue weighted by atomic mass is 16.2. The van der Waals surface area contributed by atoms with Crippen molar-refractivity contribution in [3.05, 3.63) is 35.4 Å². The molecule has 0 spiro atoms. The molecule has 1 aliphatic heterocycles. The van der Waals surface area contributed by atoms with Gasteiger partial charge in [-0.2, -0.15) is 5.26 Å². The summed E-state index contributed by atoms with van der Waals surface area (Å²) in [6, 6.07) is 9.47. The topological polar surface area (TPSA) is 70.1 Å². The number of hydrogen-bond donors (Lipinski definition) is 1. The van der Waals surface area contributed by atoms with Gasteiger partial charge in [-0.05, 0) is 44.4 Å². The molecule has 0 saturated carbocycles. The largest absolute Gasteiger partial charge is 0.332 e. The Bertz CT molecular complexity index is 516. The normalized spacial score (nSPS) is 23.6. The Hall–Kier alpha value is -1.86. The van der Waals surface area contributed by atoms with Gasteiger partial charge in [0.25, 0.3) is 0 Å². The van der Waals surface area contributed by atoms with E-state index in [1.807, 2.05) is 30.9 Å². The SMILES string of the molecule is CC(C)N1C(=O)CCCC(N)C1c1ccc(C#N)cc1. The third-order valence-corrected chi connectivity index (χ3v) is 3.86. The van der Waals surface area contributed by atoms with Crippen molar-refractivity contribution in [3.8, 4) is 6.07 Å². The summed E-state index contributed by atoms with van der Waals surface area (Å²) in [5.74, 6) is 0.169. The van der Waals surface area contributed by atoms with E-state index in [-0.39, 0.29) is 24.0 Å². The lowest BCUT2D eigenvalue weighted by Gasteiger charge is -2.37. The molecule has 1 aromatic rings. The second-order valence-corrected chi connectivity index (χ2v) is 5.63. The molecule has 0 radical (unpaired) electrons. The summed E-state index contributed by atoms with van der Waals surface area (Å²) in [7, 11) is 0. The third kappa shape index (κ3) is 2.83. The second-order valence-electron chi connectivity index (χ2n) is 5.63. The molecule has 1 heterocycles. The lowest BCUT2D eigenvalue weighted by Crippen LogP contribution is -2.45. The molecular weight excluding hydrogens is 250 g/mol. The van der Waals surface area contributed by atoms with E-state index in [1.54, 1.807) is 12.1 Å². The fourth-order valence-corrected chi connectivity index (χ4v) is 2.91. The molecule has 4 nitrogen and oxygen atoms in total. The van der Waals surface area contributed by atoms with Gasteiger partial charge in [-0.3, -0.25) is 4.79 Å². The van der Waals surface area contributed by atoms with Crippen LogP contribution in [-0.4, -0.2) is 22.9 Å². The molecular formula is C16H21N3O. The van der Waals surface area contributed by atoms with Gasteiger partial charge in [0.1, 0.15) is 0 Å². The van der Waals surface area contributed by atoms with Gasteiger partial charge in [-0.1, -0.05) is 12.1 Å². The van der Waals surface area contributed by atoms with Gasteiger partial charge in [0.2, 0.25) is 5.91 Å². The van der Waals surface area contributed by atoms with E-state index in [0.29, 0.717) is 12.0 Å². The molecule has 2 N–H and O–H groups in total. The van der Waals surface area contributed by atoms with Crippen LogP contribution in [-0.2, 0) is 4.79 Å². The first-order valence-electron chi connectivity index (χ1n) is 7.11. The number of nitrogens with two attached hydrogens (primary N) is 1. The van der Waals surface area contributed by atoms with Crippen molar-refractivity contribution in [1.82, 2.24) is 4.90 Å². The summed E-state index contributed by atoms with van der Waals surface area (Å²) in [5.41, 5.74) is 7.95. The quantitative estimate of drug-likeness (QED) is 0.897. The Morgan fingerprint density at radius 2 is 2.00 bits per heavy atom. The van der Waals surface area contributed by atoms with Crippen LogP contribution < -0.4 is 5.73 Å². The van der Waals surface area contributed by atoms with Crippen LogP contribution in [0, 0.1) is 11.3 Å². The molecule has 2 rings (SSSR count). The van der Waals surface area contributed by atoms with E-state index in [2.05, 4.69) is 6.07 Å².